The molecule has 1 heterocycles. The van der Waals surface area contributed by atoms with Gasteiger partial charge in [0.25, 0.3) is 0 Å². The van der Waals surface area contributed by atoms with Crippen LogP contribution in [0.3, 0.4) is 0 Å². The smallest absolute Gasteiger partial charge is 0.224 e. The first kappa shape index (κ1) is 20.3. The van der Waals surface area contributed by atoms with Crippen molar-refractivity contribution in [3.8, 4) is 0 Å². The van der Waals surface area contributed by atoms with Crippen LogP contribution in [0.4, 0.5) is 15.8 Å². The largest absolute Gasteiger partial charge is 0.387 e. The van der Waals surface area contributed by atoms with E-state index in [-0.39, 0.29) is 17.1 Å². The van der Waals surface area contributed by atoms with Gasteiger partial charge in [-0.05, 0) is 65.8 Å². The molecule has 0 radical (unpaired) electrons. The Balaban J connectivity index is 1.83. The molecule has 2 aromatic carbocycles. The van der Waals surface area contributed by atoms with Crippen LogP contribution in [0.2, 0.25) is 0 Å². The van der Waals surface area contributed by atoms with Crippen molar-refractivity contribution in [2.75, 3.05) is 16.8 Å². The number of benzene rings is 2. The fraction of sp³-hybridized carbons (Fsp3) is 0.435. The third kappa shape index (κ3) is 4.53. The second-order valence-electron chi connectivity index (χ2n) is 8.98. The normalized spacial score (nSPS) is 16.7. The van der Waals surface area contributed by atoms with Gasteiger partial charge in [-0.25, -0.2) is 4.39 Å². The van der Waals surface area contributed by atoms with Gasteiger partial charge in [-0.15, -0.1) is 0 Å². The molecular weight excluding hydrogens is 355 g/mol. The number of aryl methyl sites for hydroxylation is 2. The number of halogens is 1. The van der Waals surface area contributed by atoms with Gasteiger partial charge < -0.3 is 15.3 Å². The highest BCUT2D eigenvalue weighted by molar-refractivity contribution is 5.93. The Bertz CT molecular complexity index is 879. The predicted molar refractivity (Wildman–Crippen MR) is 111 cm³/mol. The quantitative estimate of drug-likeness (QED) is 0.794. The Morgan fingerprint density at radius 2 is 1.86 bits per heavy atom. The standard InChI is InChI=1S/C23H29FN2O2/c1-14-8-18(9-15(2)22(14)25-21(28)11-23(3,4)5)26-12-16-6-7-17(24)10-19(16)20(27)13-26/h6-10,20,27H,11-13H2,1-5H3,(H,25,28). The molecule has 1 aliphatic rings. The molecule has 0 saturated carbocycles. The van der Waals surface area contributed by atoms with E-state index in [1.807, 2.05) is 46.8 Å². The fourth-order valence-corrected chi connectivity index (χ4v) is 3.78. The Labute approximate surface area is 166 Å². The van der Waals surface area contributed by atoms with Gasteiger partial charge in [0.2, 0.25) is 5.91 Å². The van der Waals surface area contributed by atoms with Crippen LogP contribution in [-0.2, 0) is 11.3 Å². The fourth-order valence-electron chi connectivity index (χ4n) is 3.78. The van der Waals surface area contributed by atoms with Crippen molar-refractivity contribution in [1.82, 2.24) is 0 Å². The molecule has 0 saturated heterocycles. The Kier molecular flexibility index (Phi) is 5.48. The zero-order chi connectivity index (χ0) is 20.6. The van der Waals surface area contributed by atoms with Crippen LogP contribution in [0, 0.1) is 25.1 Å². The molecule has 0 fully saturated rings. The molecule has 0 aliphatic carbocycles. The number of aliphatic hydroxyl groups excluding tert-OH is 1. The molecule has 2 aromatic rings. The molecule has 4 nitrogen and oxygen atoms in total. The summed E-state index contributed by atoms with van der Waals surface area (Å²) < 4.78 is 13.5. The maximum absolute atomic E-state index is 13.5. The van der Waals surface area contributed by atoms with Crippen LogP contribution < -0.4 is 10.2 Å². The first-order valence-corrected chi connectivity index (χ1v) is 9.66. The van der Waals surface area contributed by atoms with E-state index >= 15 is 0 Å². The Morgan fingerprint density at radius 3 is 2.46 bits per heavy atom. The zero-order valence-corrected chi connectivity index (χ0v) is 17.3. The molecule has 28 heavy (non-hydrogen) atoms. The summed E-state index contributed by atoms with van der Waals surface area (Å²) in [5.41, 5.74) is 5.32. The van der Waals surface area contributed by atoms with Crippen molar-refractivity contribution in [2.24, 2.45) is 5.41 Å². The van der Waals surface area contributed by atoms with Crippen LogP contribution in [0.15, 0.2) is 30.3 Å². The summed E-state index contributed by atoms with van der Waals surface area (Å²) in [6, 6.07) is 8.64. The first-order chi connectivity index (χ1) is 13.0. The lowest BCUT2D eigenvalue weighted by atomic mass is 9.92. The Morgan fingerprint density at radius 1 is 1.21 bits per heavy atom. The number of anilines is 2. The van der Waals surface area contributed by atoms with Crippen molar-refractivity contribution in [2.45, 2.75) is 53.7 Å². The number of carbonyl (C=O) groups excluding carboxylic acids is 1. The molecule has 1 unspecified atom stereocenters. The summed E-state index contributed by atoms with van der Waals surface area (Å²) in [4.78, 5) is 14.4. The van der Waals surface area contributed by atoms with Crippen molar-refractivity contribution < 1.29 is 14.3 Å². The highest BCUT2D eigenvalue weighted by Crippen LogP contribution is 2.34. The monoisotopic (exact) mass is 384 g/mol. The summed E-state index contributed by atoms with van der Waals surface area (Å²) >= 11 is 0. The van der Waals surface area contributed by atoms with E-state index in [1.54, 1.807) is 6.07 Å². The average molecular weight is 384 g/mol. The van der Waals surface area contributed by atoms with Gasteiger partial charge in [0.05, 0.1) is 6.10 Å². The maximum Gasteiger partial charge on any atom is 0.224 e. The highest BCUT2D eigenvalue weighted by Gasteiger charge is 2.25. The molecule has 5 heteroatoms. The van der Waals surface area contributed by atoms with Crippen molar-refractivity contribution >= 4 is 17.3 Å². The van der Waals surface area contributed by atoms with Gasteiger partial charge in [0.1, 0.15) is 5.82 Å². The van der Waals surface area contributed by atoms with E-state index in [4.69, 9.17) is 0 Å². The number of β-amino-alcohol motifs (C(OH)–C–C–N with tert-alkyl or cyclic N) is 1. The topological polar surface area (TPSA) is 52.6 Å². The molecular formula is C23H29FN2O2. The molecule has 150 valence electrons. The SMILES string of the molecule is Cc1cc(N2Cc3ccc(F)cc3C(O)C2)cc(C)c1NC(=O)CC(C)(C)C. The van der Waals surface area contributed by atoms with Gasteiger partial charge >= 0.3 is 0 Å². The second-order valence-corrected chi connectivity index (χ2v) is 8.98. The molecule has 3 rings (SSSR count). The second kappa shape index (κ2) is 7.55. The molecule has 2 N–H and O–H groups in total. The van der Waals surface area contributed by atoms with Gasteiger partial charge in [-0.2, -0.15) is 0 Å². The van der Waals surface area contributed by atoms with E-state index in [1.165, 1.54) is 12.1 Å². The van der Waals surface area contributed by atoms with Gasteiger partial charge in [0.15, 0.2) is 0 Å². The van der Waals surface area contributed by atoms with E-state index in [0.717, 1.165) is 28.1 Å². The van der Waals surface area contributed by atoms with Crippen LogP contribution in [-0.4, -0.2) is 17.6 Å². The molecule has 0 spiro atoms. The number of hydrogen-bond donors (Lipinski definition) is 2. The molecule has 0 aromatic heterocycles. The first-order valence-electron chi connectivity index (χ1n) is 9.66. The lowest BCUT2D eigenvalue weighted by Gasteiger charge is -2.34. The molecule has 1 amide bonds. The summed E-state index contributed by atoms with van der Waals surface area (Å²) in [5.74, 6) is -0.316. The number of carbonyl (C=O) groups is 1. The van der Waals surface area contributed by atoms with Crippen molar-refractivity contribution in [1.29, 1.82) is 0 Å². The minimum absolute atomic E-state index is 0.01000. The highest BCUT2D eigenvalue weighted by atomic mass is 19.1. The molecule has 1 atom stereocenters. The third-order valence-electron chi connectivity index (χ3n) is 5.06. The number of aliphatic hydroxyl groups is 1. The van der Waals surface area contributed by atoms with E-state index in [0.29, 0.717) is 25.1 Å². The predicted octanol–water partition coefficient (Wildman–Crippen LogP) is 4.87. The average Bonchev–Trinajstić information content (AvgIpc) is 2.57. The molecule has 1 aliphatic heterocycles. The number of hydrogen-bond acceptors (Lipinski definition) is 3. The van der Waals surface area contributed by atoms with E-state index in [9.17, 15) is 14.3 Å². The summed E-state index contributed by atoms with van der Waals surface area (Å²) in [6.45, 7) is 11.1. The van der Waals surface area contributed by atoms with Crippen molar-refractivity contribution in [3.05, 3.63) is 58.4 Å². The van der Waals surface area contributed by atoms with Crippen LogP contribution in [0.1, 0.15) is 55.5 Å². The van der Waals surface area contributed by atoms with Crippen LogP contribution in [0.25, 0.3) is 0 Å². The summed E-state index contributed by atoms with van der Waals surface area (Å²) in [6.07, 6.45) is -0.273. The zero-order valence-electron chi connectivity index (χ0n) is 17.3. The van der Waals surface area contributed by atoms with Gasteiger partial charge in [-0.1, -0.05) is 26.8 Å². The number of nitrogens with zero attached hydrogens (tertiary/aromatic N) is 1. The number of rotatable bonds is 3. The third-order valence-corrected chi connectivity index (χ3v) is 5.06. The minimum atomic E-state index is -0.730. The van der Waals surface area contributed by atoms with Crippen LogP contribution in [0.5, 0.6) is 0 Å². The minimum Gasteiger partial charge on any atom is -0.387 e. The maximum atomic E-state index is 13.5. The summed E-state index contributed by atoms with van der Waals surface area (Å²) in [7, 11) is 0. The van der Waals surface area contributed by atoms with Crippen LogP contribution >= 0.6 is 0 Å². The van der Waals surface area contributed by atoms with Crippen molar-refractivity contribution in [3.63, 3.8) is 0 Å². The lowest BCUT2D eigenvalue weighted by Crippen LogP contribution is -2.33. The number of amides is 1. The van der Waals surface area contributed by atoms with Gasteiger partial charge in [-0.3, -0.25) is 4.79 Å². The summed E-state index contributed by atoms with van der Waals surface area (Å²) in [5, 5.41) is 13.5. The van der Waals surface area contributed by atoms with E-state index < -0.39 is 6.10 Å². The van der Waals surface area contributed by atoms with Gasteiger partial charge in [0, 0.05) is 30.9 Å². The Hall–Kier alpha value is -2.40. The number of nitrogens with one attached hydrogen (secondary N) is 1. The lowest BCUT2D eigenvalue weighted by molar-refractivity contribution is -0.117. The van der Waals surface area contributed by atoms with E-state index in [2.05, 4.69) is 10.2 Å². The molecule has 0 bridgehead atoms. The number of fused-ring (bicyclic) bond motifs is 1.